The predicted octanol–water partition coefficient (Wildman–Crippen LogP) is 3.45. The first kappa shape index (κ1) is 16.7. The Balaban J connectivity index is 1.93. The number of carbonyl (C=O) groups is 2. The van der Waals surface area contributed by atoms with Crippen LogP contribution in [0.5, 0.6) is 0 Å². The standard InChI is InChI=1S/C19H21NO3/c1-2-14-6-8-16(9-7-14)13-18(21)20-17-5-3-4-15(12-17)10-11-19(22)23/h3-9,12H,2,10-11,13H2,1H3,(H,20,21)(H,22,23). The van der Waals surface area contributed by atoms with Crippen molar-refractivity contribution in [1.82, 2.24) is 0 Å². The van der Waals surface area contributed by atoms with Crippen molar-refractivity contribution in [3.8, 4) is 0 Å². The molecule has 2 aromatic carbocycles. The van der Waals surface area contributed by atoms with E-state index in [1.165, 1.54) is 5.56 Å². The SMILES string of the molecule is CCc1ccc(CC(=O)Nc2cccc(CCC(=O)O)c2)cc1. The van der Waals surface area contributed by atoms with Gasteiger partial charge in [0.1, 0.15) is 0 Å². The van der Waals surface area contributed by atoms with E-state index in [0.717, 1.165) is 17.5 Å². The molecule has 0 aliphatic rings. The highest BCUT2D eigenvalue weighted by molar-refractivity contribution is 5.92. The van der Waals surface area contributed by atoms with E-state index in [1.54, 1.807) is 0 Å². The van der Waals surface area contributed by atoms with E-state index in [2.05, 4.69) is 12.2 Å². The summed E-state index contributed by atoms with van der Waals surface area (Å²) in [4.78, 5) is 22.7. The van der Waals surface area contributed by atoms with Crippen molar-refractivity contribution in [3.05, 3.63) is 65.2 Å². The van der Waals surface area contributed by atoms with E-state index >= 15 is 0 Å². The molecule has 23 heavy (non-hydrogen) atoms. The van der Waals surface area contributed by atoms with Gasteiger partial charge in [0.2, 0.25) is 5.91 Å². The largest absolute Gasteiger partial charge is 0.481 e. The molecule has 0 heterocycles. The Morgan fingerprint density at radius 3 is 2.35 bits per heavy atom. The number of hydrogen-bond donors (Lipinski definition) is 2. The zero-order valence-electron chi connectivity index (χ0n) is 13.2. The maximum atomic E-state index is 12.1. The lowest BCUT2D eigenvalue weighted by molar-refractivity contribution is -0.137. The molecule has 1 amide bonds. The number of carboxylic acid groups (broad SMARTS) is 1. The summed E-state index contributed by atoms with van der Waals surface area (Å²) < 4.78 is 0. The van der Waals surface area contributed by atoms with Crippen molar-refractivity contribution in [3.63, 3.8) is 0 Å². The second-order valence-corrected chi connectivity index (χ2v) is 5.49. The van der Waals surface area contributed by atoms with E-state index < -0.39 is 5.97 Å². The van der Waals surface area contributed by atoms with Crippen LogP contribution in [-0.4, -0.2) is 17.0 Å². The van der Waals surface area contributed by atoms with Crippen molar-refractivity contribution in [1.29, 1.82) is 0 Å². The van der Waals surface area contributed by atoms with Crippen LogP contribution in [0, 0.1) is 0 Å². The molecule has 0 spiro atoms. The Hall–Kier alpha value is -2.62. The number of carboxylic acids is 1. The third-order valence-electron chi connectivity index (χ3n) is 3.63. The predicted molar refractivity (Wildman–Crippen MR) is 90.6 cm³/mol. The van der Waals surface area contributed by atoms with Crippen LogP contribution < -0.4 is 5.32 Å². The molecule has 0 atom stereocenters. The van der Waals surface area contributed by atoms with Gasteiger partial charge in [-0.25, -0.2) is 0 Å². The Kier molecular flexibility index (Phi) is 5.92. The molecule has 0 radical (unpaired) electrons. The van der Waals surface area contributed by atoms with Crippen LogP contribution in [0.4, 0.5) is 5.69 Å². The van der Waals surface area contributed by atoms with Gasteiger partial charge in [-0.1, -0.05) is 43.3 Å². The molecule has 0 aliphatic heterocycles. The normalized spacial score (nSPS) is 10.3. The summed E-state index contributed by atoms with van der Waals surface area (Å²) in [6, 6.07) is 15.3. The lowest BCUT2D eigenvalue weighted by Gasteiger charge is -2.08. The summed E-state index contributed by atoms with van der Waals surface area (Å²) in [5.74, 6) is -0.903. The van der Waals surface area contributed by atoms with E-state index in [0.29, 0.717) is 18.5 Å². The van der Waals surface area contributed by atoms with Crippen molar-refractivity contribution in [2.24, 2.45) is 0 Å². The molecule has 0 aromatic heterocycles. The summed E-state index contributed by atoms with van der Waals surface area (Å²) in [7, 11) is 0. The van der Waals surface area contributed by atoms with Crippen LogP contribution in [0.25, 0.3) is 0 Å². The summed E-state index contributed by atoms with van der Waals surface area (Å²) in [5.41, 5.74) is 3.82. The number of anilines is 1. The van der Waals surface area contributed by atoms with Crippen LogP contribution in [0.2, 0.25) is 0 Å². The smallest absolute Gasteiger partial charge is 0.303 e. The van der Waals surface area contributed by atoms with E-state index in [9.17, 15) is 9.59 Å². The first-order valence-corrected chi connectivity index (χ1v) is 7.75. The van der Waals surface area contributed by atoms with E-state index in [-0.39, 0.29) is 12.3 Å². The van der Waals surface area contributed by atoms with Gasteiger partial charge in [-0.3, -0.25) is 9.59 Å². The number of amides is 1. The minimum Gasteiger partial charge on any atom is -0.481 e. The van der Waals surface area contributed by atoms with Gasteiger partial charge in [-0.2, -0.15) is 0 Å². The lowest BCUT2D eigenvalue weighted by atomic mass is 10.1. The molecule has 0 saturated carbocycles. The highest BCUT2D eigenvalue weighted by Crippen LogP contribution is 2.13. The number of hydrogen-bond acceptors (Lipinski definition) is 2. The van der Waals surface area contributed by atoms with Gasteiger partial charge < -0.3 is 10.4 Å². The fraction of sp³-hybridized carbons (Fsp3) is 0.263. The molecule has 4 nitrogen and oxygen atoms in total. The minimum atomic E-state index is -0.824. The van der Waals surface area contributed by atoms with Crippen LogP contribution in [0.3, 0.4) is 0 Å². The molecule has 4 heteroatoms. The van der Waals surface area contributed by atoms with Crippen molar-refractivity contribution < 1.29 is 14.7 Å². The van der Waals surface area contributed by atoms with Gasteiger partial charge in [0.05, 0.1) is 6.42 Å². The Labute approximate surface area is 136 Å². The summed E-state index contributed by atoms with van der Waals surface area (Å²) in [6.07, 6.45) is 1.84. The van der Waals surface area contributed by atoms with E-state index in [4.69, 9.17) is 5.11 Å². The van der Waals surface area contributed by atoms with Crippen LogP contribution in [0.15, 0.2) is 48.5 Å². The van der Waals surface area contributed by atoms with Gasteiger partial charge in [-0.05, 0) is 41.7 Å². The quantitative estimate of drug-likeness (QED) is 0.823. The van der Waals surface area contributed by atoms with Crippen LogP contribution >= 0.6 is 0 Å². The Bertz CT molecular complexity index is 677. The minimum absolute atomic E-state index is 0.0790. The molecule has 0 aliphatic carbocycles. The molecule has 0 saturated heterocycles. The number of rotatable bonds is 7. The summed E-state index contributed by atoms with van der Waals surface area (Å²) in [6.45, 7) is 2.10. The fourth-order valence-electron chi connectivity index (χ4n) is 2.34. The molecule has 2 rings (SSSR count). The van der Waals surface area contributed by atoms with Gasteiger partial charge in [0, 0.05) is 12.1 Å². The maximum Gasteiger partial charge on any atom is 0.303 e. The van der Waals surface area contributed by atoms with Gasteiger partial charge in [0.25, 0.3) is 0 Å². The average molecular weight is 311 g/mol. The Morgan fingerprint density at radius 1 is 1.00 bits per heavy atom. The first-order valence-electron chi connectivity index (χ1n) is 7.75. The zero-order chi connectivity index (χ0) is 16.7. The molecule has 2 aromatic rings. The fourth-order valence-corrected chi connectivity index (χ4v) is 2.34. The number of benzene rings is 2. The number of aryl methyl sites for hydroxylation is 2. The number of nitrogens with one attached hydrogen (secondary N) is 1. The Morgan fingerprint density at radius 2 is 1.70 bits per heavy atom. The molecule has 2 N–H and O–H groups in total. The maximum absolute atomic E-state index is 12.1. The van der Waals surface area contributed by atoms with Gasteiger partial charge in [0.15, 0.2) is 0 Å². The third-order valence-corrected chi connectivity index (χ3v) is 3.63. The second kappa shape index (κ2) is 8.13. The third kappa shape index (κ3) is 5.58. The zero-order valence-corrected chi connectivity index (χ0v) is 13.2. The number of aliphatic carboxylic acids is 1. The van der Waals surface area contributed by atoms with Crippen LogP contribution in [0.1, 0.15) is 30.0 Å². The van der Waals surface area contributed by atoms with Crippen molar-refractivity contribution >= 4 is 17.6 Å². The topological polar surface area (TPSA) is 66.4 Å². The van der Waals surface area contributed by atoms with E-state index in [1.807, 2.05) is 48.5 Å². The lowest BCUT2D eigenvalue weighted by Crippen LogP contribution is -2.14. The summed E-state index contributed by atoms with van der Waals surface area (Å²) >= 11 is 0. The molecule has 120 valence electrons. The molecule has 0 bridgehead atoms. The average Bonchev–Trinajstić information content (AvgIpc) is 2.54. The summed E-state index contributed by atoms with van der Waals surface area (Å²) in [5, 5.41) is 11.6. The van der Waals surface area contributed by atoms with Gasteiger partial charge in [-0.15, -0.1) is 0 Å². The molecular formula is C19H21NO3. The second-order valence-electron chi connectivity index (χ2n) is 5.49. The molecular weight excluding hydrogens is 290 g/mol. The van der Waals surface area contributed by atoms with Crippen molar-refractivity contribution in [2.75, 3.05) is 5.32 Å². The molecule has 0 unspecified atom stereocenters. The van der Waals surface area contributed by atoms with Crippen molar-refractivity contribution in [2.45, 2.75) is 32.6 Å². The highest BCUT2D eigenvalue weighted by atomic mass is 16.4. The van der Waals surface area contributed by atoms with Gasteiger partial charge >= 0.3 is 5.97 Å². The van der Waals surface area contributed by atoms with Crippen LogP contribution in [-0.2, 0) is 28.9 Å². The number of carbonyl (C=O) groups excluding carboxylic acids is 1. The first-order chi connectivity index (χ1) is 11.1. The highest BCUT2D eigenvalue weighted by Gasteiger charge is 2.06. The monoisotopic (exact) mass is 311 g/mol. The molecule has 0 fully saturated rings.